The molecule has 1 heterocycles. The molecule has 176 valence electrons. The Hall–Kier alpha value is -4.59. The third kappa shape index (κ3) is 6.48. The van der Waals surface area contributed by atoms with Crippen molar-refractivity contribution in [3.8, 4) is 0 Å². The fourth-order valence-corrected chi connectivity index (χ4v) is 3.60. The first-order valence-corrected chi connectivity index (χ1v) is 11.2. The number of aryl methyl sites for hydroxylation is 1. The molecular weight excluding hydrogens is 442 g/mol. The lowest BCUT2D eigenvalue weighted by atomic mass is 9.99. The molecule has 0 saturated heterocycles. The van der Waals surface area contributed by atoms with Gasteiger partial charge in [-0.15, -0.1) is 5.10 Å². The van der Waals surface area contributed by atoms with E-state index in [1.165, 1.54) is 4.68 Å². The van der Waals surface area contributed by atoms with Gasteiger partial charge in [-0.25, -0.2) is 4.79 Å². The van der Waals surface area contributed by atoms with Crippen LogP contribution in [0.15, 0.2) is 91.0 Å². The second-order valence-electron chi connectivity index (χ2n) is 7.87. The van der Waals surface area contributed by atoms with E-state index in [0.29, 0.717) is 12.2 Å². The van der Waals surface area contributed by atoms with Gasteiger partial charge >= 0.3 is 5.97 Å². The van der Waals surface area contributed by atoms with Crippen molar-refractivity contribution < 1.29 is 14.3 Å². The molecule has 8 heteroatoms. The van der Waals surface area contributed by atoms with Gasteiger partial charge < -0.3 is 10.1 Å². The lowest BCUT2D eigenvalue weighted by Crippen LogP contribution is -2.34. The molecular formula is C27H25N5O3. The first-order chi connectivity index (χ1) is 17.1. The third-order valence-corrected chi connectivity index (χ3v) is 5.32. The topological polar surface area (TPSA) is 99.0 Å². The maximum atomic E-state index is 13.0. The Kier molecular flexibility index (Phi) is 7.75. The maximum Gasteiger partial charge on any atom is 0.357 e. The summed E-state index contributed by atoms with van der Waals surface area (Å²) >= 11 is 0. The van der Waals surface area contributed by atoms with E-state index >= 15 is 0 Å². The van der Waals surface area contributed by atoms with Crippen LogP contribution in [-0.2, 0) is 20.7 Å². The molecule has 0 aliphatic carbocycles. The van der Waals surface area contributed by atoms with Crippen molar-refractivity contribution >= 4 is 23.6 Å². The van der Waals surface area contributed by atoms with E-state index in [-0.39, 0.29) is 11.7 Å². The zero-order valence-corrected chi connectivity index (χ0v) is 19.2. The second-order valence-corrected chi connectivity index (χ2v) is 7.87. The Morgan fingerprint density at radius 3 is 2.20 bits per heavy atom. The van der Waals surface area contributed by atoms with Crippen LogP contribution in [0.1, 0.15) is 28.6 Å². The summed E-state index contributed by atoms with van der Waals surface area (Å²) in [6, 6.07) is 28.6. The Bertz CT molecular complexity index is 1290. The maximum absolute atomic E-state index is 13.0. The number of nitrogens with one attached hydrogen (secondary N) is 1. The van der Waals surface area contributed by atoms with Gasteiger partial charge in [0.1, 0.15) is 0 Å². The minimum atomic E-state index is -0.710. The van der Waals surface area contributed by atoms with Crippen molar-refractivity contribution in [2.45, 2.75) is 19.4 Å². The van der Waals surface area contributed by atoms with Crippen molar-refractivity contribution in [3.63, 3.8) is 0 Å². The van der Waals surface area contributed by atoms with E-state index < -0.39 is 18.5 Å². The molecule has 35 heavy (non-hydrogen) atoms. The van der Waals surface area contributed by atoms with Crippen molar-refractivity contribution in [2.75, 3.05) is 6.61 Å². The number of ether oxygens (including phenoxy) is 1. The highest BCUT2D eigenvalue weighted by Crippen LogP contribution is 2.19. The van der Waals surface area contributed by atoms with E-state index in [2.05, 4.69) is 20.8 Å². The van der Waals surface area contributed by atoms with Crippen LogP contribution in [-0.4, -0.2) is 38.7 Å². The number of tetrazole rings is 1. The summed E-state index contributed by atoms with van der Waals surface area (Å²) in [4.78, 5) is 25.8. The lowest BCUT2D eigenvalue weighted by Gasteiger charge is -2.19. The van der Waals surface area contributed by atoms with Gasteiger partial charge in [0.25, 0.3) is 5.91 Å². The van der Waals surface area contributed by atoms with E-state index in [0.717, 1.165) is 16.7 Å². The minimum absolute atomic E-state index is 0.107. The van der Waals surface area contributed by atoms with Gasteiger partial charge in [0.15, 0.2) is 18.1 Å². The van der Waals surface area contributed by atoms with Gasteiger partial charge in [-0.1, -0.05) is 91.0 Å². The van der Waals surface area contributed by atoms with Gasteiger partial charge in [-0.05, 0) is 46.5 Å². The van der Waals surface area contributed by atoms with E-state index in [9.17, 15) is 9.59 Å². The van der Waals surface area contributed by atoms with Gasteiger partial charge in [0.05, 0.1) is 6.04 Å². The summed E-state index contributed by atoms with van der Waals surface area (Å²) in [6.45, 7) is 1.23. The van der Waals surface area contributed by atoms with Crippen LogP contribution in [0.25, 0.3) is 11.8 Å². The number of esters is 1. The average Bonchev–Trinajstić information content (AvgIpc) is 3.32. The van der Waals surface area contributed by atoms with E-state index in [4.69, 9.17) is 4.74 Å². The molecule has 1 N–H and O–H groups in total. The lowest BCUT2D eigenvalue weighted by molar-refractivity contribution is -0.143. The normalized spacial score (nSPS) is 12.1. The summed E-state index contributed by atoms with van der Waals surface area (Å²) in [7, 11) is 0. The van der Waals surface area contributed by atoms with Crippen LogP contribution in [0, 0.1) is 6.92 Å². The number of rotatable bonds is 9. The van der Waals surface area contributed by atoms with Crippen LogP contribution in [0.3, 0.4) is 0 Å². The molecule has 1 atom stereocenters. The monoisotopic (exact) mass is 467 g/mol. The molecule has 0 bridgehead atoms. The number of benzene rings is 3. The standard InChI is InChI=1S/C27H25N5O3/c1-20-29-30-31-32(20)25(18-22-13-7-3-8-14-22)27(34)35-19-26(33)28-24(23-15-9-4-10-16-23)17-21-11-5-2-6-12-21/h2-16,18,24H,17,19H2,1H3,(H,28,33)/b25-18-. The number of hydrogen-bond donors (Lipinski definition) is 1. The van der Waals surface area contributed by atoms with Crippen molar-refractivity contribution in [3.05, 3.63) is 114 Å². The molecule has 0 aliphatic heterocycles. The first kappa shape index (κ1) is 23.6. The van der Waals surface area contributed by atoms with Crippen LogP contribution in [0.2, 0.25) is 0 Å². The summed E-state index contributed by atoms with van der Waals surface area (Å²) in [6.07, 6.45) is 2.22. The van der Waals surface area contributed by atoms with Gasteiger partial charge in [-0.2, -0.15) is 4.68 Å². The Morgan fingerprint density at radius 2 is 1.57 bits per heavy atom. The van der Waals surface area contributed by atoms with Gasteiger partial charge in [0.2, 0.25) is 0 Å². The summed E-state index contributed by atoms with van der Waals surface area (Å²) in [5, 5.41) is 14.3. The predicted octanol–water partition coefficient (Wildman–Crippen LogP) is 3.62. The quantitative estimate of drug-likeness (QED) is 0.298. The number of amides is 1. The number of aromatic nitrogens is 4. The second kappa shape index (κ2) is 11.5. The predicted molar refractivity (Wildman–Crippen MR) is 132 cm³/mol. The Balaban J connectivity index is 1.46. The molecule has 4 rings (SSSR count). The van der Waals surface area contributed by atoms with Gasteiger partial charge in [0, 0.05) is 0 Å². The summed E-state index contributed by atoms with van der Waals surface area (Å²) in [5.41, 5.74) is 2.92. The number of nitrogens with zero attached hydrogens (tertiary/aromatic N) is 4. The molecule has 0 spiro atoms. The average molecular weight is 468 g/mol. The molecule has 0 radical (unpaired) electrons. The van der Waals surface area contributed by atoms with E-state index in [1.54, 1.807) is 13.0 Å². The SMILES string of the molecule is Cc1nnnn1/C(=C\c1ccccc1)C(=O)OCC(=O)NC(Cc1ccccc1)c1ccccc1. The number of carbonyl (C=O) groups excluding carboxylic acids is 2. The largest absolute Gasteiger partial charge is 0.451 e. The Morgan fingerprint density at radius 1 is 0.943 bits per heavy atom. The zero-order chi connectivity index (χ0) is 24.5. The Labute approximate surface area is 203 Å². The summed E-state index contributed by atoms with van der Waals surface area (Å²) in [5.74, 6) is -0.699. The molecule has 0 fully saturated rings. The van der Waals surface area contributed by atoms with Crippen LogP contribution in [0.4, 0.5) is 0 Å². The fourth-order valence-electron chi connectivity index (χ4n) is 3.60. The minimum Gasteiger partial charge on any atom is -0.451 e. The molecule has 3 aromatic carbocycles. The van der Waals surface area contributed by atoms with Crippen molar-refractivity contribution in [1.82, 2.24) is 25.5 Å². The van der Waals surface area contributed by atoms with Gasteiger partial charge in [-0.3, -0.25) is 4.79 Å². The number of hydrogen-bond acceptors (Lipinski definition) is 6. The molecule has 0 aliphatic rings. The number of carbonyl (C=O) groups is 2. The highest BCUT2D eigenvalue weighted by Gasteiger charge is 2.21. The van der Waals surface area contributed by atoms with Crippen LogP contribution in [0.5, 0.6) is 0 Å². The molecule has 1 aromatic heterocycles. The third-order valence-electron chi connectivity index (χ3n) is 5.32. The van der Waals surface area contributed by atoms with E-state index in [1.807, 2.05) is 91.0 Å². The zero-order valence-electron chi connectivity index (χ0n) is 19.2. The highest BCUT2D eigenvalue weighted by molar-refractivity contribution is 6.15. The molecule has 1 unspecified atom stereocenters. The molecule has 8 nitrogen and oxygen atoms in total. The van der Waals surface area contributed by atoms with Crippen LogP contribution >= 0.6 is 0 Å². The molecule has 0 saturated carbocycles. The van der Waals surface area contributed by atoms with Crippen molar-refractivity contribution in [1.29, 1.82) is 0 Å². The van der Waals surface area contributed by atoms with Crippen molar-refractivity contribution in [2.24, 2.45) is 0 Å². The van der Waals surface area contributed by atoms with Crippen LogP contribution < -0.4 is 5.32 Å². The summed E-state index contributed by atoms with van der Waals surface area (Å²) < 4.78 is 6.66. The molecule has 4 aromatic rings. The smallest absolute Gasteiger partial charge is 0.357 e. The fraction of sp³-hybridized carbons (Fsp3) is 0.148. The molecule has 1 amide bonds. The highest BCUT2D eigenvalue weighted by atomic mass is 16.5. The first-order valence-electron chi connectivity index (χ1n) is 11.2.